The van der Waals surface area contributed by atoms with E-state index in [0.29, 0.717) is 46.6 Å². The molecule has 0 bridgehead atoms. The number of ether oxygens (including phenoxy) is 1. The molecule has 0 radical (unpaired) electrons. The molecule has 0 spiro atoms. The fourth-order valence-electron chi connectivity index (χ4n) is 2.05. The van der Waals surface area contributed by atoms with Crippen LogP contribution in [0.2, 0.25) is 5.02 Å². The van der Waals surface area contributed by atoms with Gasteiger partial charge in [0.05, 0.1) is 11.6 Å². The lowest BCUT2D eigenvalue weighted by Crippen LogP contribution is -2.25. The van der Waals surface area contributed by atoms with E-state index in [1.165, 1.54) is 6.07 Å². The summed E-state index contributed by atoms with van der Waals surface area (Å²) in [7, 11) is 0. The van der Waals surface area contributed by atoms with Crippen LogP contribution in [0.4, 0.5) is 4.39 Å². The van der Waals surface area contributed by atoms with Crippen molar-refractivity contribution in [3.8, 4) is 5.75 Å². The van der Waals surface area contributed by atoms with E-state index in [1.807, 2.05) is 13.0 Å². The van der Waals surface area contributed by atoms with Crippen LogP contribution in [0.5, 0.6) is 5.75 Å². The molecule has 0 unspecified atom stereocenters. The minimum atomic E-state index is -0.196. The number of hydrogen-bond acceptors (Lipinski definition) is 3. The first-order chi connectivity index (χ1) is 11.6. The predicted molar refractivity (Wildman–Crippen MR) is 97.5 cm³/mol. The quantitative estimate of drug-likeness (QED) is 0.696. The topological polar surface area (TPSA) is 38.3 Å². The number of thioether (sulfide) groups is 1. The van der Waals surface area contributed by atoms with Crippen LogP contribution in [-0.2, 0) is 5.75 Å². The Morgan fingerprint density at radius 1 is 1.29 bits per heavy atom. The van der Waals surface area contributed by atoms with Crippen molar-refractivity contribution in [2.75, 3.05) is 18.9 Å². The maximum Gasteiger partial charge on any atom is 0.251 e. The summed E-state index contributed by atoms with van der Waals surface area (Å²) in [5, 5.41) is 3.24. The number of rotatable bonds is 8. The lowest BCUT2D eigenvalue weighted by atomic mass is 10.2. The van der Waals surface area contributed by atoms with E-state index in [1.54, 1.807) is 42.1 Å². The van der Waals surface area contributed by atoms with Crippen molar-refractivity contribution in [2.45, 2.75) is 12.7 Å². The lowest BCUT2D eigenvalue weighted by molar-refractivity contribution is 0.0956. The summed E-state index contributed by atoms with van der Waals surface area (Å²) in [6.45, 7) is 2.89. The number of hydrogen-bond donors (Lipinski definition) is 1. The molecule has 0 saturated carbocycles. The predicted octanol–water partition coefficient (Wildman–Crippen LogP) is 4.54. The molecule has 2 rings (SSSR count). The first-order valence-electron chi connectivity index (χ1n) is 7.63. The summed E-state index contributed by atoms with van der Waals surface area (Å²) >= 11 is 7.64. The second-order valence-electron chi connectivity index (χ2n) is 4.98. The van der Waals surface area contributed by atoms with E-state index in [2.05, 4.69) is 5.32 Å². The van der Waals surface area contributed by atoms with Gasteiger partial charge in [-0.15, -0.1) is 0 Å². The van der Waals surface area contributed by atoms with Crippen molar-refractivity contribution < 1.29 is 13.9 Å². The van der Waals surface area contributed by atoms with E-state index in [-0.39, 0.29) is 11.7 Å². The zero-order valence-corrected chi connectivity index (χ0v) is 14.9. The van der Waals surface area contributed by atoms with Crippen molar-refractivity contribution in [2.24, 2.45) is 0 Å². The van der Waals surface area contributed by atoms with E-state index in [9.17, 15) is 9.18 Å². The van der Waals surface area contributed by atoms with Crippen LogP contribution in [0.1, 0.15) is 22.8 Å². The molecule has 0 aliphatic rings. The SMILES string of the molecule is CCOc1ccc(C(=O)NCCSCc2ccccc2F)cc1Cl. The Balaban J connectivity index is 1.75. The van der Waals surface area contributed by atoms with E-state index in [4.69, 9.17) is 16.3 Å². The van der Waals surface area contributed by atoms with Gasteiger partial charge in [-0.25, -0.2) is 4.39 Å². The summed E-state index contributed by atoms with van der Waals surface area (Å²) in [6.07, 6.45) is 0. The molecule has 128 valence electrons. The average Bonchev–Trinajstić information content (AvgIpc) is 2.58. The van der Waals surface area contributed by atoms with Gasteiger partial charge in [-0.05, 0) is 36.8 Å². The van der Waals surface area contributed by atoms with Gasteiger partial charge >= 0.3 is 0 Å². The highest BCUT2D eigenvalue weighted by molar-refractivity contribution is 7.98. The molecule has 24 heavy (non-hydrogen) atoms. The molecule has 0 aliphatic heterocycles. The minimum absolute atomic E-state index is 0.188. The Morgan fingerprint density at radius 2 is 2.08 bits per heavy atom. The zero-order chi connectivity index (χ0) is 17.4. The average molecular weight is 368 g/mol. The van der Waals surface area contributed by atoms with Crippen LogP contribution >= 0.6 is 23.4 Å². The Morgan fingerprint density at radius 3 is 2.79 bits per heavy atom. The Hall–Kier alpha value is -1.72. The van der Waals surface area contributed by atoms with Gasteiger partial charge in [0.25, 0.3) is 5.91 Å². The van der Waals surface area contributed by atoms with Crippen molar-refractivity contribution in [3.63, 3.8) is 0 Å². The molecule has 6 heteroatoms. The van der Waals surface area contributed by atoms with Crippen LogP contribution in [0.15, 0.2) is 42.5 Å². The maximum atomic E-state index is 13.5. The normalized spacial score (nSPS) is 10.5. The summed E-state index contributed by atoms with van der Waals surface area (Å²) in [6, 6.07) is 11.7. The van der Waals surface area contributed by atoms with E-state index in [0.717, 1.165) is 0 Å². The van der Waals surface area contributed by atoms with Crippen LogP contribution in [0, 0.1) is 5.82 Å². The second kappa shape index (κ2) is 9.55. The van der Waals surface area contributed by atoms with Crippen LogP contribution in [0.3, 0.4) is 0 Å². The number of carbonyl (C=O) groups is 1. The fraction of sp³-hybridized carbons (Fsp3) is 0.278. The summed E-state index contributed by atoms with van der Waals surface area (Å²) < 4.78 is 18.8. The molecule has 0 atom stereocenters. The zero-order valence-electron chi connectivity index (χ0n) is 13.4. The van der Waals surface area contributed by atoms with Crippen molar-refractivity contribution in [3.05, 3.63) is 64.4 Å². The van der Waals surface area contributed by atoms with Gasteiger partial charge in [0.1, 0.15) is 11.6 Å². The Labute approximate surface area is 150 Å². The molecule has 2 aromatic carbocycles. The van der Waals surface area contributed by atoms with Crippen molar-refractivity contribution in [1.82, 2.24) is 5.32 Å². The van der Waals surface area contributed by atoms with Gasteiger partial charge in [0.15, 0.2) is 0 Å². The number of carbonyl (C=O) groups excluding carboxylic acids is 1. The molecule has 0 aromatic heterocycles. The monoisotopic (exact) mass is 367 g/mol. The molecular weight excluding hydrogens is 349 g/mol. The number of halogens is 2. The fourth-order valence-corrected chi connectivity index (χ4v) is 3.13. The van der Waals surface area contributed by atoms with Gasteiger partial charge < -0.3 is 10.1 Å². The summed E-state index contributed by atoms with van der Waals surface area (Å²) in [4.78, 5) is 12.1. The van der Waals surface area contributed by atoms with Crippen LogP contribution in [0.25, 0.3) is 0 Å². The highest BCUT2D eigenvalue weighted by Crippen LogP contribution is 2.25. The Bertz CT molecular complexity index is 696. The van der Waals surface area contributed by atoms with Gasteiger partial charge in [-0.3, -0.25) is 4.79 Å². The molecule has 1 N–H and O–H groups in total. The van der Waals surface area contributed by atoms with Crippen molar-refractivity contribution in [1.29, 1.82) is 0 Å². The van der Waals surface area contributed by atoms with E-state index >= 15 is 0 Å². The summed E-state index contributed by atoms with van der Waals surface area (Å²) in [5.41, 5.74) is 1.16. The second-order valence-corrected chi connectivity index (χ2v) is 6.49. The van der Waals surface area contributed by atoms with Crippen LogP contribution < -0.4 is 10.1 Å². The smallest absolute Gasteiger partial charge is 0.251 e. The van der Waals surface area contributed by atoms with Crippen LogP contribution in [-0.4, -0.2) is 24.8 Å². The first kappa shape index (κ1) is 18.6. The highest BCUT2D eigenvalue weighted by Gasteiger charge is 2.09. The lowest BCUT2D eigenvalue weighted by Gasteiger charge is -2.09. The Kier molecular flexibility index (Phi) is 7.40. The standard InChI is InChI=1S/C18H19ClFNO2S/c1-2-23-17-8-7-13(11-15(17)19)18(22)21-9-10-24-12-14-5-3-4-6-16(14)20/h3-8,11H,2,9-10,12H2,1H3,(H,21,22). The molecule has 0 heterocycles. The molecule has 0 saturated heterocycles. The molecule has 2 aromatic rings. The first-order valence-corrected chi connectivity index (χ1v) is 9.16. The third-order valence-corrected chi connectivity index (χ3v) is 4.54. The molecule has 0 aliphatic carbocycles. The molecule has 3 nitrogen and oxygen atoms in total. The van der Waals surface area contributed by atoms with E-state index < -0.39 is 0 Å². The third kappa shape index (κ3) is 5.42. The number of nitrogens with one attached hydrogen (secondary N) is 1. The van der Waals surface area contributed by atoms with Crippen molar-refractivity contribution >= 4 is 29.3 Å². The van der Waals surface area contributed by atoms with Gasteiger partial charge in [-0.2, -0.15) is 11.8 Å². The molecule has 1 amide bonds. The van der Waals surface area contributed by atoms with Gasteiger partial charge in [0, 0.05) is 23.6 Å². The number of benzene rings is 2. The molecular formula is C18H19ClFNO2S. The number of amides is 1. The minimum Gasteiger partial charge on any atom is -0.492 e. The largest absolute Gasteiger partial charge is 0.492 e. The maximum absolute atomic E-state index is 13.5. The molecule has 0 fully saturated rings. The highest BCUT2D eigenvalue weighted by atomic mass is 35.5. The third-order valence-electron chi connectivity index (χ3n) is 3.24. The van der Waals surface area contributed by atoms with Gasteiger partial charge in [0.2, 0.25) is 0 Å². The summed E-state index contributed by atoms with van der Waals surface area (Å²) in [5.74, 6) is 1.46. The van der Waals surface area contributed by atoms with Gasteiger partial charge in [-0.1, -0.05) is 29.8 Å².